The summed E-state index contributed by atoms with van der Waals surface area (Å²) in [6.45, 7) is 2.72. The summed E-state index contributed by atoms with van der Waals surface area (Å²) in [4.78, 5) is 7.44. The number of nitrogens with zero attached hydrogens (tertiary/aromatic N) is 1. The van der Waals surface area contributed by atoms with Crippen molar-refractivity contribution in [3.05, 3.63) is 60.2 Å². The van der Waals surface area contributed by atoms with Crippen molar-refractivity contribution >= 4 is 10.8 Å². The fourth-order valence-electron chi connectivity index (χ4n) is 2.64. The lowest BCUT2D eigenvalue weighted by molar-refractivity contribution is 0.453. The second-order valence-electron chi connectivity index (χ2n) is 5.10. The second-order valence-corrected chi connectivity index (χ2v) is 5.10. The lowest BCUT2D eigenvalue weighted by atomic mass is 10.0. The number of aromatic amines is 1. The molecule has 0 saturated carbocycles. The zero-order chi connectivity index (χ0) is 14.7. The average Bonchev–Trinajstić information content (AvgIpc) is 3.04. The molecule has 0 bridgehead atoms. The summed E-state index contributed by atoms with van der Waals surface area (Å²) in [5.41, 5.74) is 0.929. The van der Waals surface area contributed by atoms with Gasteiger partial charge in [0.25, 0.3) is 0 Å². The number of hydrogen-bond acceptors (Lipinski definition) is 3. The van der Waals surface area contributed by atoms with Crippen LogP contribution in [0.4, 0.5) is 0 Å². The van der Waals surface area contributed by atoms with E-state index in [-0.39, 0.29) is 6.04 Å². The van der Waals surface area contributed by atoms with Crippen LogP contribution in [-0.4, -0.2) is 15.1 Å². The Kier molecular flexibility index (Phi) is 3.88. The van der Waals surface area contributed by atoms with Crippen LogP contribution < -0.4 is 5.32 Å². The molecule has 1 heterocycles. The lowest BCUT2D eigenvalue weighted by Crippen LogP contribution is -2.21. The SMILES string of the molecule is CCC(NCc1c(O)ccc2ccccc12)c1ncc[nH]1. The minimum atomic E-state index is 0.151. The summed E-state index contributed by atoms with van der Waals surface area (Å²) in [6.07, 6.45) is 4.52. The van der Waals surface area contributed by atoms with Crippen molar-refractivity contribution in [2.45, 2.75) is 25.9 Å². The van der Waals surface area contributed by atoms with Crippen LogP contribution in [0.25, 0.3) is 10.8 Å². The maximum atomic E-state index is 10.2. The quantitative estimate of drug-likeness (QED) is 0.670. The number of phenolic OH excluding ortho intramolecular Hbond substituents is 1. The molecule has 1 atom stereocenters. The molecule has 4 nitrogen and oxygen atoms in total. The van der Waals surface area contributed by atoms with Crippen molar-refractivity contribution < 1.29 is 5.11 Å². The number of rotatable bonds is 5. The number of aromatic hydroxyl groups is 1. The predicted octanol–water partition coefficient (Wildman–Crippen LogP) is 3.51. The number of benzene rings is 2. The fourth-order valence-corrected chi connectivity index (χ4v) is 2.64. The number of aromatic nitrogens is 2. The zero-order valence-corrected chi connectivity index (χ0v) is 12.0. The van der Waals surface area contributed by atoms with Crippen LogP contribution in [0, 0.1) is 0 Å². The van der Waals surface area contributed by atoms with Gasteiger partial charge in [-0.25, -0.2) is 4.98 Å². The zero-order valence-electron chi connectivity index (χ0n) is 12.0. The number of imidazole rings is 1. The molecule has 0 aliphatic rings. The largest absolute Gasteiger partial charge is 0.508 e. The third kappa shape index (κ3) is 2.76. The average molecular weight is 281 g/mol. The van der Waals surface area contributed by atoms with Gasteiger partial charge in [-0.05, 0) is 23.3 Å². The summed E-state index contributed by atoms with van der Waals surface area (Å²) in [5, 5.41) is 15.8. The van der Waals surface area contributed by atoms with Crippen molar-refractivity contribution in [3.63, 3.8) is 0 Å². The van der Waals surface area contributed by atoms with Crippen LogP contribution in [0.2, 0.25) is 0 Å². The van der Waals surface area contributed by atoms with E-state index < -0.39 is 0 Å². The molecule has 3 N–H and O–H groups in total. The van der Waals surface area contributed by atoms with E-state index in [0.717, 1.165) is 28.6 Å². The van der Waals surface area contributed by atoms with Gasteiger partial charge in [-0.1, -0.05) is 37.3 Å². The summed E-state index contributed by atoms with van der Waals surface area (Å²) in [5.74, 6) is 1.26. The van der Waals surface area contributed by atoms with E-state index >= 15 is 0 Å². The third-order valence-electron chi connectivity index (χ3n) is 3.80. The van der Waals surface area contributed by atoms with Gasteiger partial charge in [-0.15, -0.1) is 0 Å². The van der Waals surface area contributed by atoms with Crippen LogP contribution in [0.3, 0.4) is 0 Å². The number of H-pyrrole nitrogens is 1. The van der Waals surface area contributed by atoms with Crippen LogP contribution in [0.1, 0.15) is 30.8 Å². The molecule has 0 radical (unpaired) electrons. The third-order valence-corrected chi connectivity index (χ3v) is 3.80. The van der Waals surface area contributed by atoms with Crippen molar-refractivity contribution in [2.75, 3.05) is 0 Å². The van der Waals surface area contributed by atoms with E-state index in [0.29, 0.717) is 12.3 Å². The van der Waals surface area contributed by atoms with Gasteiger partial charge >= 0.3 is 0 Å². The Morgan fingerprint density at radius 2 is 2.10 bits per heavy atom. The molecule has 3 rings (SSSR count). The van der Waals surface area contributed by atoms with E-state index in [9.17, 15) is 5.11 Å². The van der Waals surface area contributed by atoms with Crippen molar-refractivity contribution in [3.8, 4) is 5.75 Å². The lowest BCUT2D eigenvalue weighted by Gasteiger charge is -2.16. The highest BCUT2D eigenvalue weighted by Gasteiger charge is 2.13. The highest BCUT2D eigenvalue weighted by atomic mass is 16.3. The van der Waals surface area contributed by atoms with E-state index in [1.807, 2.05) is 30.5 Å². The number of fused-ring (bicyclic) bond motifs is 1. The summed E-state index contributed by atoms with van der Waals surface area (Å²) >= 11 is 0. The fraction of sp³-hybridized carbons (Fsp3) is 0.235. The minimum absolute atomic E-state index is 0.151. The molecule has 1 unspecified atom stereocenters. The molecule has 3 aromatic rings. The molecule has 0 amide bonds. The monoisotopic (exact) mass is 281 g/mol. The van der Waals surface area contributed by atoms with Crippen molar-refractivity contribution in [1.82, 2.24) is 15.3 Å². The van der Waals surface area contributed by atoms with Crippen LogP contribution in [-0.2, 0) is 6.54 Å². The summed E-state index contributed by atoms with van der Waals surface area (Å²) in [7, 11) is 0. The molecule has 0 fully saturated rings. The second kappa shape index (κ2) is 5.97. The van der Waals surface area contributed by atoms with Crippen LogP contribution >= 0.6 is 0 Å². The van der Waals surface area contributed by atoms with Gasteiger partial charge in [0.15, 0.2) is 0 Å². The van der Waals surface area contributed by atoms with E-state index in [4.69, 9.17) is 0 Å². The Bertz CT molecular complexity index is 722. The van der Waals surface area contributed by atoms with Gasteiger partial charge in [0.05, 0.1) is 6.04 Å². The Balaban J connectivity index is 1.86. The van der Waals surface area contributed by atoms with Gasteiger partial charge in [0.2, 0.25) is 0 Å². The first-order chi connectivity index (χ1) is 10.3. The maximum Gasteiger partial charge on any atom is 0.123 e. The Labute approximate surface area is 123 Å². The predicted molar refractivity (Wildman–Crippen MR) is 84.1 cm³/mol. The van der Waals surface area contributed by atoms with E-state index in [1.54, 1.807) is 12.3 Å². The summed E-state index contributed by atoms with van der Waals surface area (Å²) < 4.78 is 0. The van der Waals surface area contributed by atoms with E-state index in [2.05, 4.69) is 28.3 Å². The Morgan fingerprint density at radius 3 is 2.86 bits per heavy atom. The highest BCUT2D eigenvalue weighted by Crippen LogP contribution is 2.27. The molecule has 4 heteroatoms. The molecular weight excluding hydrogens is 262 g/mol. The van der Waals surface area contributed by atoms with Crippen LogP contribution in [0.5, 0.6) is 5.75 Å². The van der Waals surface area contributed by atoms with Crippen LogP contribution in [0.15, 0.2) is 48.8 Å². The van der Waals surface area contributed by atoms with Gasteiger partial charge < -0.3 is 15.4 Å². The molecule has 21 heavy (non-hydrogen) atoms. The van der Waals surface area contributed by atoms with Gasteiger partial charge in [-0.3, -0.25) is 0 Å². The normalized spacial score (nSPS) is 12.6. The minimum Gasteiger partial charge on any atom is -0.508 e. The standard InChI is InChI=1S/C17H19N3O/c1-2-15(17-18-9-10-19-17)20-11-14-13-6-4-3-5-12(13)7-8-16(14)21/h3-10,15,20-21H,2,11H2,1H3,(H,18,19). The smallest absolute Gasteiger partial charge is 0.123 e. The number of hydrogen-bond donors (Lipinski definition) is 3. The van der Waals surface area contributed by atoms with Gasteiger partial charge in [0, 0.05) is 24.5 Å². The first-order valence-corrected chi connectivity index (χ1v) is 7.22. The topological polar surface area (TPSA) is 60.9 Å². The molecule has 1 aromatic heterocycles. The Hall–Kier alpha value is -2.33. The van der Waals surface area contributed by atoms with E-state index in [1.165, 1.54) is 0 Å². The number of phenols is 1. The molecular formula is C17H19N3O. The number of nitrogens with one attached hydrogen (secondary N) is 2. The van der Waals surface area contributed by atoms with Crippen molar-refractivity contribution in [1.29, 1.82) is 0 Å². The molecule has 108 valence electrons. The maximum absolute atomic E-state index is 10.2. The first kappa shape index (κ1) is 13.6. The first-order valence-electron chi connectivity index (χ1n) is 7.22. The molecule has 2 aromatic carbocycles. The van der Waals surface area contributed by atoms with Crippen molar-refractivity contribution in [2.24, 2.45) is 0 Å². The molecule has 0 saturated heterocycles. The molecule has 0 spiro atoms. The molecule has 0 aliphatic heterocycles. The van der Waals surface area contributed by atoms with Gasteiger partial charge in [-0.2, -0.15) is 0 Å². The molecule has 0 aliphatic carbocycles. The van der Waals surface area contributed by atoms with Gasteiger partial charge in [0.1, 0.15) is 11.6 Å². The Morgan fingerprint density at radius 1 is 1.24 bits per heavy atom. The summed E-state index contributed by atoms with van der Waals surface area (Å²) in [6, 6.07) is 12.0. The highest BCUT2D eigenvalue weighted by molar-refractivity contribution is 5.87.